The highest BCUT2D eigenvalue weighted by molar-refractivity contribution is 6.00. The Labute approximate surface area is 144 Å². The van der Waals surface area contributed by atoms with E-state index in [2.05, 4.69) is 23.9 Å². The number of benzene rings is 1. The molecule has 132 valence electrons. The van der Waals surface area contributed by atoms with Crippen molar-refractivity contribution in [3.05, 3.63) is 35.9 Å². The fourth-order valence-electron chi connectivity index (χ4n) is 2.98. The minimum Gasteiger partial charge on any atom is -0.481 e. The Bertz CT molecular complexity index is 543. The maximum absolute atomic E-state index is 11.1. The molecule has 1 saturated heterocycles. The van der Waals surface area contributed by atoms with E-state index in [0.717, 1.165) is 43.6 Å². The highest BCUT2D eigenvalue weighted by Crippen LogP contribution is 2.16. The molecule has 1 aliphatic rings. The Hall–Kier alpha value is -1.88. The molecule has 1 atom stereocenters. The van der Waals surface area contributed by atoms with Gasteiger partial charge in [-0.05, 0) is 37.3 Å². The molecule has 0 aliphatic carbocycles. The maximum atomic E-state index is 11.1. The van der Waals surface area contributed by atoms with Gasteiger partial charge in [0, 0.05) is 13.1 Å². The normalized spacial score (nSPS) is 19.5. The fraction of sp³-hybridized carbons (Fsp3) is 0.579. The summed E-state index contributed by atoms with van der Waals surface area (Å²) in [5.74, 6) is -0.434. The van der Waals surface area contributed by atoms with Crippen molar-refractivity contribution in [2.75, 3.05) is 26.2 Å². The summed E-state index contributed by atoms with van der Waals surface area (Å²) in [5, 5.41) is 13.5. The van der Waals surface area contributed by atoms with Crippen molar-refractivity contribution in [1.82, 2.24) is 4.90 Å². The van der Waals surface area contributed by atoms with Crippen molar-refractivity contribution in [3.8, 4) is 0 Å². The van der Waals surface area contributed by atoms with Crippen LogP contribution in [0.1, 0.15) is 38.7 Å². The lowest BCUT2D eigenvalue weighted by Gasteiger charge is -2.30. The molecule has 0 amide bonds. The first-order chi connectivity index (χ1) is 11.6. The number of piperidine rings is 1. The summed E-state index contributed by atoms with van der Waals surface area (Å²) in [4.78, 5) is 18.8. The van der Waals surface area contributed by atoms with Crippen LogP contribution in [0.25, 0.3) is 0 Å². The maximum Gasteiger partial charge on any atom is 0.307 e. The van der Waals surface area contributed by atoms with E-state index in [-0.39, 0.29) is 5.92 Å². The molecular weight excluding hydrogens is 304 g/mol. The van der Waals surface area contributed by atoms with Gasteiger partial charge in [-0.15, -0.1) is 0 Å². The highest BCUT2D eigenvalue weighted by atomic mass is 16.6. The van der Waals surface area contributed by atoms with Crippen molar-refractivity contribution in [3.63, 3.8) is 0 Å². The van der Waals surface area contributed by atoms with E-state index >= 15 is 0 Å². The lowest BCUT2D eigenvalue weighted by Crippen LogP contribution is -2.40. The Morgan fingerprint density at radius 2 is 2.12 bits per heavy atom. The summed E-state index contributed by atoms with van der Waals surface area (Å²) in [6.07, 6.45) is 2.58. The van der Waals surface area contributed by atoms with Crippen LogP contribution in [-0.4, -0.2) is 47.9 Å². The number of oxime groups is 1. The third kappa shape index (κ3) is 5.96. The zero-order chi connectivity index (χ0) is 17.4. The summed E-state index contributed by atoms with van der Waals surface area (Å²) < 4.78 is 0. The molecule has 0 saturated carbocycles. The van der Waals surface area contributed by atoms with E-state index in [4.69, 9.17) is 9.94 Å². The van der Waals surface area contributed by atoms with E-state index in [0.29, 0.717) is 19.1 Å². The summed E-state index contributed by atoms with van der Waals surface area (Å²) in [5.41, 5.74) is 2.06. The smallest absolute Gasteiger partial charge is 0.307 e. The van der Waals surface area contributed by atoms with Crippen LogP contribution in [0.15, 0.2) is 35.5 Å². The number of carbonyl (C=O) groups is 1. The van der Waals surface area contributed by atoms with Crippen LogP contribution in [0.2, 0.25) is 0 Å². The molecule has 1 unspecified atom stereocenters. The lowest BCUT2D eigenvalue weighted by molar-refractivity contribution is -0.143. The van der Waals surface area contributed by atoms with Gasteiger partial charge < -0.3 is 9.94 Å². The first kappa shape index (κ1) is 18.5. The van der Waals surface area contributed by atoms with Crippen molar-refractivity contribution < 1.29 is 14.7 Å². The van der Waals surface area contributed by atoms with Gasteiger partial charge in [0.25, 0.3) is 0 Å². The summed E-state index contributed by atoms with van der Waals surface area (Å²) >= 11 is 0. The fourth-order valence-corrected chi connectivity index (χ4v) is 2.98. The molecule has 1 fully saturated rings. The van der Waals surface area contributed by atoms with Crippen LogP contribution in [0.5, 0.6) is 0 Å². The number of hydrogen-bond acceptors (Lipinski definition) is 4. The van der Waals surface area contributed by atoms with Crippen molar-refractivity contribution >= 4 is 11.7 Å². The Balaban J connectivity index is 1.85. The summed E-state index contributed by atoms with van der Waals surface area (Å²) in [7, 11) is 0. The second-order valence-corrected chi connectivity index (χ2v) is 6.81. The third-order valence-electron chi connectivity index (χ3n) is 4.24. The van der Waals surface area contributed by atoms with Gasteiger partial charge in [0.2, 0.25) is 0 Å². The predicted molar refractivity (Wildman–Crippen MR) is 95.2 cm³/mol. The molecule has 0 spiro atoms. The first-order valence-electron chi connectivity index (χ1n) is 8.75. The average molecular weight is 332 g/mol. The third-order valence-corrected chi connectivity index (χ3v) is 4.24. The van der Waals surface area contributed by atoms with E-state index in [1.165, 1.54) is 0 Å². The Morgan fingerprint density at radius 3 is 2.79 bits per heavy atom. The second-order valence-electron chi connectivity index (χ2n) is 6.81. The molecule has 0 bridgehead atoms. The molecule has 0 radical (unpaired) electrons. The molecule has 2 rings (SSSR count). The average Bonchev–Trinajstić information content (AvgIpc) is 2.58. The minimum atomic E-state index is -0.693. The number of aliphatic carboxylic acids is 1. The molecule has 1 aromatic rings. The number of nitrogens with zero attached hydrogens (tertiary/aromatic N) is 2. The Morgan fingerprint density at radius 1 is 1.38 bits per heavy atom. The number of carboxylic acids is 1. The van der Waals surface area contributed by atoms with Gasteiger partial charge in [-0.25, -0.2) is 0 Å². The van der Waals surface area contributed by atoms with Gasteiger partial charge in [0.1, 0.15) is 6.61 Å². The summed E-state index contributed by atoms with van der Waals surface area (Å²) in [6.45, 7) is 7.09. The minimum absolute atomic E-state index is 0.247. The predicted octanol–water partition coefficient (Wildman–Crippen LogP) is 3.25. The van der Waals surface area contributed by atoms with Crippen LogP contribution in [-0.2, 0) is 9.63 Å². The molecule has 1 aliphatic heterocycles. The lowest BCUT2D eigenvalue weighted by atomic mass is 9.98. The first-order valence-corrected chi connectivity index (χ1v) is 8.75. The zero-order valence-electron chi connectivity index (χ0n) is 14.6. The number of hydrogen-bond donors (Lipinski definition) is 1. The molecular formula is C19H28N2O3. The number of carboxylic acid groups (broad SMARTS) is 1. The quantitative estimate of drug-likeness (QED) is 0.451. The molecule has 0 aromatic heterocycles. The number of likely N-dealkylation sites (tertiary alicyclic amines) is 1. The van der Waals surface area contributed by atoms with Gasteiger partial charge in [0.05, 0.1) is 11.6 Å². The molecule has 1 aromatic carbocycles. The van der Waals surface area contributed by atoms with Crippen LogP contribution in [0.3, 0.4) is 0 Å². The monoisotopic (exact) mass is 332 g/mol. The van der Waals surface area contributed by atoms with Crippen LogP contribution < -0.4 is 0 Å². The van der Waals surface area contributed by atoms with E-state index in [1.807, 2.05) is 30.3 Å². The van der Waals surface area contributed by atoms with Crippen LogP contribution in [0.4, 0.5) is 0 Å². The Kier molecular flexibility index (Phi) is 7.25. The molecule has 1 N–H and O–H groups in total. The highest BCUT2D eigenvalue weighted by Gasteiger charge is 2.24. The van der Waals surface area contributed by atoms with Gasteiger partial charge in [-0.1, -0.05) is 49.3 Å². The van der Waals surface area contributed by atoms with E-state index in [9.17, 15) is 4.79 Å². The van der Waals surface area contributed by atoms with E-state index < -0.39 is 5.97 Å². The van der Waals surface area contributed by atoms with E-state index in [1.54, 1.807) is 0 Å². The largest absolute Gasteiger partial charge is 0.481 e. The van der Waals surface area contributed by atoms with Crippen LogP contribution in [0, 0.1) is 11.8 Å². The SMILES string of the molecule is CC(C)CC(=NOCCN1CCCC(C(=O)O)C1)c1ccccc1. The van der Waals surface area contributed by atoms with Crippen molar-refractivity contribution in [2.24, 2.45) is 17.0 Å². The number of rotatable bonds is 8. The topological polar surface area (TPSA) is 62.1 Å². The molecule has 1 heterocycles. The van der Waals surface area contributed by atoms with Crippen molar-refractivity contribution in [1.29, 1.82) is 0 Å². The molecule has 5 nitrogen and oxygen atoms in total. The zero-order valence-corrected chi connectivity index (χ0v) is 14.6. The van der Waals surface area contributed by atoms with Crippen LogP contribution >= 0.6 is 0 Å². The molecule has 24 heavy (non-hydrogen) atoms. The van der Waals surface area contributed by atoms with Gasteiger partial charge in [0.15, 0.2) is 0 Å². The van der Waals surface area contributed by atoms with Gasteiger partial charge in [-0.3, -0.25) is 9.69 Å². The second kappa shape index (κ2) is 9.42. The summed E-state index contributed by atoms with van der Waals surface area (Å²) in [6, 6.07) is 10.1. The van der Waals surface area contributed by atoms with Crippen molar-refractivity contribution in [2.45, 2.75) is 33.1 Å². The van der Waals surface area contributed by atoms with Gasteiger partial charge >= 0.3 is 5.97 Å². The molecule has 5 heteroatoms. The standard InChI is InChI=1S/C19H28N2O3/c1-15(2)13-18(16-7-4-3-5-8-16)20-24-12-11-21-10-6-9-17(14-21)19(22)23/h3-5,7-8,15,17H,6,9-14H2,1-2H3,(H,22,23). The van der Waals surface area contributed by atoms with Gasteiger partial charge in [-0.2, -0.15) is 0 Å².